The van der Waals surface area contributed by atoms with Gasteiger partial charge in [-0.05, 0) is 55.9 Å². The Kier molecular flexibility index (Phi) is 9.18. The van der Waals surface area contributed by atoms with Crippen molar-refractivity contribution >= 4 is 23.3 Å². The molecule has 6 heteroatoms. The van der Waals surface area contributed by atoms with Gasteiger partial charge < -0.3 is 21.5 Å². The molecule has 0 aromatic heterocycles. The van der Waals surface area contributed by atoms with E-state index in [1.54, 1.807) is 0 Å². The van der Waals surface area contributed by atoms with E-state index in [1.807, 2.05) is 36.0 Å². The highest BCUT2D eigenvalue weighted by Gasteiger charge is 2.37. The average molecular weight is 391 g/mol. The van der Waals surface area contributed by atoms with E-state index in [2.05, 4.69) is 24.6 Å². The van der Waals surface area contributed by atoms with Crippen LogP contribution >= 0.6 is 11.8 Å². The summed E-state index contributed by atoms with van der Waals surface area (Å²) in [5, 5.41) is 3.42. The quantitative estimate of drug-likeness (QED) is 0.233. The van der Waals surface area contributed by atoms with Gasteiger partial charge in [0.2, 0.25) is 0 Å². The van der Waals surface area contributed by atoms with Gasteiger partial charge in [-0.3, -0.25) is 0 Å². The van der Waals surface area contributed by atoms with Crippen LogP contribution in [0.25, 0.3) is 0 Å². The summed E-state index contributed by atoms with van der Waals surface area (Å²) in [5.41, 5.74) is 14.8. The molecule has 1 aliphatic carbocycles. The number of anilines is 1. The van der Waals surface area contributed by atoms with Crippen LogP contribution < -0.4 is 16.8 Å². The van der Waals surface area contributed by atoms with Gasteiger partial charge in [-0.25, -0.2) is 4.99 Å². The molecule has 0 atom stereocenters. The van der Waals surface area contributed by atoms with Crippen molar-refractivity contribution in [3.63, 3.8) is 0 Å². The zero-order valence-corrected chi connectivity index (χ0v) is 17.5. The molecule has 5 nitrogen and oxygen atoms in total. The summed E-state index contributed by atoms with van der Waals surface area (Å²) in [5.74, 6) is 0.549. The maximum Gasteiger partial charge on any atom is 0.130 e. The van der Waals surface area contributed by atoms with Crippen LogP contribution in [-0.2, 0) is 4.74 Å². The number of nitrogens with zero attached hydrogens (tertiary/aromatic N) is 1. The van der Waals surface area contributed by atoms with E-state index >= 15 is 0 Å². The maximum absolute atomic E-state index is 6.33. The third-order valence-corrected chi connectivity index (χ3v) is 6.33. The fourth-order valence-electron chi connectivity index (χ4n) is 3.35. The Morgan fingerprint density at radius 2 is 1.96 bits per heavy atom. The van der Waals surface area contributed by atoms with Crippen molar-refractivity contribution in [2.75, 3.05) is 38.3 Å². The predicted octanol–water partition coefficient (Wildman–Crippen LogP) is 3.55. The van der Waals surface area contributed by atoms with Gasteiger partial charge in [0.25, 0.3) is 0 Å². The number of amidine groups is 1. The number of nitrogens with one attached hydrogen (secondary N) is 1. The molecule has 5 N–H and O–H groups in total. The molecule has 1 aliphatic rings. The minimum Gasteiger partial charge on any atom is -0.399 e. The summed E-state index contributed by atoms with van der Waals surface area (Å²) in [6.45, 7) is 5.29. The first kappa shape index (κ1) is 21.8. The number of nitrogens with two attached hydrogens (primary N) is 2. The molecule has 0 saturated heterocycles. The normalized spacial score (nSPS) is 17.4. The van der Waals surface area contributed by atoms with E-state index in [1.165, 1.54) is 12.8 Å². The Morgan fingerprint density at radius 1 is 1.26 bits per heavy atom. The van der Waals surface area contributed by atoms with E-state index in [0.717, 1.165) is 62.5 Å². The van der Waals surface area contributed by atoms with Crippen molar-refractivity contribution in [3.8, 4) is 0 Å². The van der Waals surface area contributed by atoms with Gasteiger partial charge in [0.15, 0.2) is 0 Å². The summed E-state index contributed by atoms with van der Waals surface area (Å²) in [4.78, 5) is 4.87. The second-order valence-corrected chi connectivity index (χ2v) is 8.12. The number of hydrogen-bond donors (Lipinski definition) is 3. The van der Waals surface area contributed by atoms with Crippen LogP contribution in [0.1, 0.15) is 44.6 Å². The number of thioether (sulfide) groups is 1. The largest absolute Gasteiger partial charge is 0.399 e. The van der Waals surface area contributed by atoms with Crippen molar-refractivity contribution in [3.05, 3.63) is 41.6 Å². The molecule has 0 bridgehead atoms. The minimum atomic E-state index is 0.0683. The first-order chi connectivity index (χ1) is 13.1. The summed E-state index contributed by atoms with van der Waals surface area (Å²) < 4.78 is 5.59. The topological polar surface area (TPSA) is 85.7 Å². The van der Waals surface area contributed by atoms with Crippen LogP contribution in [0.5, 0.6) is 0 Å². The summed E-state index contributed by atoms with van der Waals surface area (Å²) in [6.07, 6.45) is 10.2. The molecule has 0 heterocycles. The minimum absolute atomic E-state index is 0.0683. The lowest BCUT2D eigenvalue weighted by atomic mass is 10.0. The Labute approximate surface area is 168 Å². The zero-order valence-electron chi connectivity index (χ0n) is 16.7. The van der Waals surface area contributed by atoms with Crippen molar-refractivity contribution in [1.82, 2.24) is 5.32 Å². The second-order valence-electron chi connectivity index (χ2n) is 6.93. The summed E-state index contributed by atoms with van der Waals surface area (Å²) in [7, 11) is 0. The number of rotatable bonds is 11. The molecule has 2 rings (SSSR count). The fraction of sp³-hybridized carbons (Fsp3) is 0.571. The molecular formula is C21H34N4OS. The van der Waals surface area contributed by atoms with Gasteiger partial charge in [-0.1, -0.05) is 19.8 Å². The van der Waals surface area contributed by atoms with E-state index in [9.17, 15) is 0 Å². The molecule has 0 amide bonds. The highest BCUT2D eigenvalue weighted by Crippen LogP contribution is 2.46. The molecule has 1 saturated carbocycles. The van der Waals surface area contributed by atoms with Gasteiger partial charge in [-0.15, -0.1) is 0 Å². The SMILES string of the molecule is CCCOCCNC/C=C(\N=C(N)c1ccc(N)cc1)C1(SC)CCCC1. The van der Waals surface area contributed by atoms with Crippen LogP contribution in [0, 0.1) is 0 Å². The highest BCUT2D eigenvalue weighted by atomic mass is 32.2. The van der Waals surface area contributed by atoms with Gasteiger partial charge in [0.1, 0.15) is 5.84 Å². The van der Waals surface area contributed by atoms with E-state index in [0.29, 0.717) is 5.84 Å². The predicted molar refractivity (Wildman–Crippen MR) is 118 cm³/mol. The first-order valence-electron chi connectivity index (χ1n) is 9.85. The van der Waals surface area contributed by atoms with Crippen LogP contribution in [-0.4, -0.2) is 43.1 Å². The Balaban J connectivity index is 2.11. The third-order valence-electron chi connectivity index (χ3n) is 4.93. The van der Waals surface area contributed by atoms with Crippen LogP contribution in [0.2, 0.25) is 0 Å². The first-order valence-corrected chi connectivity index (χ1v) is 11.1. The van der Waals surface area contributed by atoms with Crippen molar-refractivity contribution in [1.29, 1.82) is 0 Å². The standard InChI is InChI=1S/C21H34N4OS/c1-3-15-26-16-14-24-13-10-19(21(27-2)11-4-5-12-21)25-20(23)17-6-8-18(22)9-7-17/h6-10,24H,3-5,11-16,22H2,1-2H3,(H2,23,25)/b19-10-. The second kappa shape index (κ2) is 11.4. The molecule has 0 spiro atoms. The maximum atomic E-state index is 6.33. The Hall–Kier alpha value is -1.50. The molecule has 1 aromatic rings. The van der Waals surface area contributed by atoms with Crippen LogP contribution in [0.4, 0.5) is 5.69 Å². The van der Waals surface area contributed by atoms with E-state index in [4.69, 9.17) is 21.2 Å². The van der Waals surface area contributed by atoms with Crippen LogP contribution in [0.3, 0.4) is 0 Å². The Bertz CT molecular complexity index is 622. The lowest BCUT2D eigenvalue weighted by Gasteiger charge is -2.28. The number of nitrogen functional groups attached to an aromatic ring is 1. The molecule has 1 aromatic carbocycles. The number of hydrogen-bond acceptors (Lipinski definition) is 5. The summed E-state index contributed by atoms with van der Waals surface area (Å²) >= 11 is 1.90. The van der Waals surface area contributed by atoms with Crippen molar-refractivity contribution in [2.24, 2.45) is 10.7 Å². The van der Waals surface area contributed by atoms with Gasteiger partial charge in [-0.2, -0.15) is 11.8 Å². The lowest BCUT2D eigenvalue weighted by molar-refractivity contribution is 0.137. The molecular weight excluding hydrogens is 356 g/mol. The van der Waals surface area contributed by atoms with Crippen molar-refractivity contribution < 1.29 is 4.74 Å². The van der Waals surface area contributed by atoms with Gasteiger partial charge in [0, 0.05) is 30.9 Å². The number of aliphatic imine (C=N–C) groups is 1. The lowest BCUT2D eigenvalue weighted by Crippen LogP contribution is -2.27. The van der Waals surface area contributed by atoms with Gasteiger partial charge >= 0.3 is 0 Å². The zero-order chi connectivity index (χ0) is 19.5. The van der Waals surface area contributed by atoms with E-state index in [-0.39, 0.29) is 4.75 Å². The van der Waals surface area contributed by atoms with E-state index < -0.39 is 0 Å². The molecule has 27 heavy (non-hydrogen) atoms. The summed E-state index contributed by atoms with van der Waals surface area (Å²) in [6, 6.07) is 7.57. The average Bonchev–Trinajstić information content (AvgIpc) is 3.17. The number of benzene rings is 1. The smallest absolute Gasteiger partial charge is 0.130 e. The third kappa shape index (κ3) is 6.55. The molecule has 0 unspecified atom stereocenters. The monoisotopic (exact) mass is 390 g/mol. The molecule has 150 valence electrons. The highest BCUT2D eigenvalue weighted by molar-refractivity contribution is 8.00. The molecule has 0 aliphatic heterocycles. The van der Waals surface area contributed by atoms with Gasteiger partial charge in [0.05, 0.1) is 17.1 Å². The molecule has 0 radical (unpaired) electrons. The van der Waals surface area contributed by atoms with Crippen molar-refractivity contribution in [2.45, 2.75) is 43.8 Å². The number of ether oxygens (including phenoxy) is 1. The molecule has 1 fully saturated rings. The Morgan fingerprint density at radius 3 is 2.59 bits per heavy atom. The fourth-order valence-corrected chi connectivity index (χ4v) is 4.39. The van der Waals surface area contributed by atoms with Crippen LogP contribution in [0.15, 0.2) is 41.0 Å².